The third-order valence-electron chi connectivity index (χ3n) is 13.3. The molecule has 0 bridgehead atoms. The SMILES string of the molecule is CCCCCCCCCCC/C=C\CCCCCCCC(=O)NC(COP(=O)(O)OCC[N+](C)(C)C)C(O)CCCCCCCCCCCCCCCCCCCCCCCCCCC. The number of carbonyl (C=O) groups is 1. The lowest BCUT2D eigenvalue weighted by atomic mass is 10.0. The smallest absolute Gasteiger partial charge is 0.391 e. The molecule has 0 aromatic heterocycles. The van der Waals surface area contributed by atoms with Gasteiger partial charge in [-0.05, 0) is 38.5 Å². The van der Waals surface area contributed by atoms with E-state index in [-0.39, 0.29) is 19.1 Å². The highest BCUT2D eigenvalue weighted by Gasteiger charge is 2.28. The van der Waals surface area contributed by atoms with Crippen LogP contribution >= 0.6 is 7.82 Å². The van der Waals surface area contributed by atoms with Crippen LogP contribution in [0.1, 0.15) is 290 Å². The van der Waals surface area contributed by atoms with Crippen LogP contribution in [0.15, 0.2) is 12.2 Å². The van der Waals surface area contributed by atoms with E-state index >= 15 is 0 Å². The van der Waals surface area contributed by atoms with Crippen LogP contribution in [0.3, 0.4) is 0 Å². The maximum atomic E-state index is 13.0. The summed E-state index contributed by atoms with van der Waals surface area (Å²) in [6.07, 6.45) is 58.4. The van der Waals surface area contributed by atoms with Crippen LogP contribution < -0.4 is 5.32 Å². The monoisotopic (exact) mass is 942 g/mol. The van der Waals surface area contributed by atoms with Crippen molar-refractivity contribution in [3.8, 4) is 0 Å². The fraction of sp³-hybridized carbons (Fsp3) is 0.946. The van der Waals surface area contributed by atoms with Gasteiger partial charge in [-0.1, -0.05) is 257 Å². The largest absolute Gasteiger partial charge is 0.472 e. The number of carbonyl (C=O) groups excluding carboxylic acids is 1. The van der Waals surface area contributed by atoms with Crippen LogP contribution in [0.5, 0.6) is 0 Å². The van der Waals surface area contributed by atoms with Crippen molar-refractivity contribution in [3.63, 3.8) is 0 Å². The van der Waals surface area contributed by atoms with Crippen molar-refractivity contribution >= 4 is 13.7 Å². The van der Waals surface area contributed by atoms with Crippen LogP contribution in [-0.4, -0.2) is 73.4 Å². The van der Waals surface area contributed by atoms with Gasteiger partial charge in [0.15, 0.2) is 0 Å². The van der Waals surface area contributed by atoms with E-state index in [0.717, 1.165) is 44.9 Å². The second-order valence-corrected chi connectivity index (χ2v) is 22.5. The molecule has 0 aliphatic carbocycles. The molecule has 3 N–H and O–H groups in total. The summed E-state index contributed by atoms with van der Waals surface area (Å²) in [4.78, 5) is 23.3. The van der Waals surface area contributed by atoms with E-state index < -0.39 is 20.0 Å². The summed E-state index contributed by atoms with van der Waals surface area (Å²) < 4.78 is 23.8. The van der Waals surface area contributed by atoms with Gasteiger partial charge in [-0.2, -0.15) is 0 Å². The van der Waals surface area contributed by atoms with Crippen LogP contribution in [0.25, 0.3) is 0 Å². The quantitative estimate of drug-likeness (QED) is 0.0243. The zero-order chi connectivity index (χ0) is 47.8. The zero-order valence-corrected chi connectivity index (χ0v) is 45.2. The highest BCUT2D eigenvalue weighted by Crippen LogP contribution is 2.43. The topological polar surface area (TPSA) is 105 Å². The van der Waals surface area contributed by atoms with Crippen molar-refractivity contribution in [2.45, 2.75) is 302 Å². The minimum atomic E-state index is -4.32. The third-order valence-corrected chi connectivity index (χ3v) is 14.2. The molecular weight excluding hydrogens is 828 g/mol. The van der Waals surface area contributed by atoms with Gasteiger partial charge in [-0.3, -0.25) is 13.8 Å². The number of unbranched alkanes of at least 4 members (excludes halogenated alkanes) is 38. The molecule has 0 rings (SSSR count). The fourth-order valence-electron chi connectivity index (χ4n) is 8.75. The first-order valence-electron chi connectivity index (χ1n) is 28.6. The Morgan fingerprint density at radius 1 is 0.508 bits per heavy atom. The molecule has 0 heterocycles. The lowest BCUT2D eigenvalue weighted by Gasteiger charge is -2.26. The zero-order valence-electron chi connectivity index (χ0n) is 44.3. The molecule has 0 aromatic carbocycles. The summed E-state index contributed by atoms with van der Waals surface area (Å²) in [5.41, 5.74) is 0. The number of aliphatic hydroxyl groups excluding tert-OH is 1. The fourth-order valence-corrected chi connectivity index (χ4v) is 9.49. The molecule has 0 radical (unpaired) electrons. The predicted octanol–water partition coefficient (Wildman–Crippen LogP) is 17.0. The average Bonchev–Trinajstić information content (AvgIpc) is 3.26. The Hall–Kier alpha value is -0.760. The van der Waals surface area contributed by atoms with E-state index in [2.05, 4.69) is 31.3 Å². The van der Waals surface area contributed by atoms with E-state index in [0.29, 0.717) is 23.9 Å². The second kappa shape index (κ2) is 48.3. The summed E-state index contributed by atoms with van der Waals surface area (Å²) in [5.74, 6) is -0.148. The molecular formula is C56H114N2O6P+. The summed E-state index contributed by atoms with van der Waals surface area (Å²) >= 11 is 0. The lowest BCUT2D eigenvalue weighted by molar-refractivity contribution is -0.870. The van der Waals surface area contributed by atoms with Gasteiger partial charge in [0.1, 0.15) is 13.2 Å². The van der Waals surface area contributed by atoms with E-state index in [9.17, 15) is 19.4 Å². The minimum Gasteiger partial charge on any atom is -0.391 e. The summed E-state index contributed by atoms with van der Waals surface area (Å²) in [5, 5.41) is 14.1. The maximum absolute atomic E-state index is 13.0. The summed E-state index contributed by atoms with van der Waals surface area (Å²) in [6, 6.07) is -0.762. The molecule has 9 heteroatoms. The molecule has 3 atom stereocenters. The van der Waals surface area contributed by atoms with E-state index in [1.165, 1.54) is 218 Å². The first-order valence-corrected chi connectivity index (χ1v) is 30.0. The number of aliphatic hydroxyl groups is 1. The number of nitrogens with one attached hydrogen (secondary N) is 1. The molecule has 0 fully saturated rings. The summed E-state index contributed by atoms with van der Waals surface area (Å²) in [6.45, 7) is 4.93. The Bertz CT molecular complexity index is 1070. The van der Waals surface area contributed by atoms with E-state index in [4.69, 9.17) is 9.05 Å². The lowest BCUT2D eigenvalue weighted by Crippen LogP contribution is -2.46. The second-order valence-electron chi connectivity index (χ2n) is 21.0. The van der Waals surface area contributed by atoms with Crippen LogP contribution in [0.2, 0.25) is 0 Å². The number of phosphoric ester groups is 1. The van der Waals surface area contributed by atoms with Gasteiger partial charge in [0.25, 0.3) is 0 Å². The van der Waals surface area contributed by atoms with Crippen LogP contribution in [0.4, 0.5) is 0 Å². The molecule has 0 spiro atoms. The highest BCUT2D eigenvalue weighted by atomic mass is 31.2. The Balaban J connectivity index is 4.15. The molecule has 3 unspecified atom stereocenters. The third kappa shape index (κ3) is 50.9. The number of quaternary nitrogens is 1. The van der Waals surface area contributed by atoms with Crippen molar-refractivity contribution in [2.75, 3.05) is 40.9 Å². The Labute approximate surface area is 405 Å². The number of likely N-dealkylation sites (N-methyl/N-ethyl adjacent to an activating group) is 1. The van der Waals surface area contributed by atoms with Crippen molar-refractivity contribution in [1.82, 2.24) is 5.32 Å². The van der Waals surface area contributed by atoms with Gasteiger partial charge in [0.05, 0.1) is 39.9 Å². The van der Waals surface area contributed by atoms with E-state index in [1.54, 1.807) is 0 Å². The number of nitrogens with zero attached hydrogens (tertiary/aromatic N) is 1. The molecule has 0 aliphatic heterocycles. The molecule has 1 amide bonds. The molecule has 388 valence electrons. The molecule has 0 saturated heterocycles. The Morgan fingerprint density at radius 2 is 0.831 bits per heavy atom. The first-order chi connectivity index (χ1) is 31.5. The number of hydrogen-bond acceptors (Lipinski definition) is 5. The van der Waals surface area contributed by atoms with Crippen LogP contribution in [-0.2, 0) is 18.4 Å². The highest BCUT2D eigenvalue weighted by molar-refractivity contribution is 7.47. The Morgan fingerprint density at radius 3 is 1.18 bits per heavy atom. The van der Waals surface area contributed by atoms with Gasteiger partial charge in [-0.15, -0.1) is 0 Å². The maximum Gasteiger partial charge on any atom is 0.472 e. The number of amides is 1. The van der Waals surface area contributed by atoms with Gasteiger partial charge >= 0.3 is 7.82 Å². The predicted molar refractivity (Wildman–Crippen MR) is 282 cm³/mol. The minimum absolute atomic E-state index is 0.0755. The van der Waals surface area contributed by atoms with Crippen LogP contribution in [0, 0.1) is 0 Å². The Kier molecular flexibility index (Phi) is 47.7. The number of hydrogen-bond donors (Lipinski definition) is 3. The van der Waals surface area contributed by atoms with Gasteiger partial charge < -0.3 is 19.8 Å². The molecule has 0 saturated carbocycles. The normalized spacial score (nSPS) is 14.0. The van der Waals surface area contributed by atoms with Crippen molar-refractivity contribution in [2.24, 2.45) is 0 Å². The van der Waals surface area contributed by atoms with E-state index in [1.807, 2.05) is 21.1 Å². The van der Waals surface area contributed by atoms with Gasteiger partial charge in [-0.25, -0.2) is 4.57 Å². The number of allylic oxidation sites excluding steroid dienone is 2. The average molecular weight is 943 g/mol. The van der Waals surface area contributed by atoms with Crippen molar-refractivity contribution in [1.29, 1.82) is 0 Å². The van der Waals surface area contributed by atoms with Gasteiger partial charge in [0, 0.05) is 6.42 Å². The number of phosphoric acid groups is 1. The molecule has 0 aliphatic rings. The van der Waals surface area contributed by atoms with Crippen molar-refractivity contribution < 1.29 is 32.9 Å². The first kappa shape index (κ1) is 64.2. The number of rotatable bonds is 53. The molecule has 65 heavy (non-hydrogen) atoms. The van der Waals surface area contributed by atoms with Crippen molar-refractivity contribution in [3.05, 3.63) is 12.2 Å². The van der Waals surface area contributed by atoms with Gasteiger partial charge in [0.2, 0.25) is 5.91 Å². The molecule has 0 aromatic rings. The standard InChI is InChI=1S/C56H113N2O6P/c1-6-8-10-12-14-16-18-20-22-24-26-27-28-29-30-31-32-33-35-37-39-41-43-45-47-49-55(59)54(53-64-65(61,62)63-52-51-58(3,4)5)57-56(60)50-48-46-44-42-40-38-36-34-25-23-21-19-17-15-13-11-9-7-2/h34,36,54-55,59H,6-33,35,37-53H2,1-5H3,(H-,57,60,61,62)/p+1/b36-34-. The molecule has 8 nitrogen and oxygen atoms in total. The summed E-state index contributed by atoms with van der Waals surface area (Å²) in [7, 11) is 1.62.